The minimum Gasteiger partial charge on any atom is -0.282 e. The number of rotatable bonds is 2. The summed E-state index contributed by atoms with van der Waals surface area (Å²) < 4.78 is 3.66. The Morgan fingerprint density at radius 1 is 1.16 bits per heavy atom. The second-order valence-electron chi connectivity index (χ2n) is 4.92. The van der Waals surface area contributed by atoms with Gasteiger partial charge in [0.25, 0.3) is 0 Å². The Kier molecular flexibility index (Phi) is 4.22. The molecular weight excluding hydrogens is 296 g/mol. The molecule has 1 fully saturated rings. The number of benzene rings is 1. The third kappa shape index (κ3) is 3.19. The molecule has 1 atom stereocenters. The number of likely N-dealkylation sites (tertiary alicyclic amines) is 1. The van der Waals surface area contributed by atoms with Gasteiger partial charge in [0.1, 0.15) is 6.17 Å². The first kappa shape index (κ1) is 13.6. The maximum absolute atomic E-state index is 6.03. The van der Waals surface area contributed by atoms with Crippen LogP contribution in [0.15, 0.2) is 23.2 Å². The normalized spacial score (nSPS) is 20.0. The molecule has 0 amide bonds. The summed E-state index contributed by atoms with van der Waals surface area (Å²) in [7, 11) is 0. The van der Waals surface area contributed by atoms with Crippen molar-refractivity contribution < 1.29 is 0 Å². The molecule has 0 spiro atoms. The van der Waals surface area contributed by atoms with Crippen molar-refractivity contribution in [1.29, 1.82) is 0 Å². The second kappa shape index (κ2) is 5.92. The lowest BCUT2D eigenvalue weighted by Crippen LogP contribution is -2.36. The van der Waals surface area contributed by atoms with Gasteiger partial charge in [-0.15, -0.1) is 22.7 Å². The van der Waals surface area contributed by atoms with Crippen molar-refractivity contribution in [1.82, 2.24) is 4.90 Å². The third-order valence-corrected chi connectivity index (χ3v) is 6.07. The van der Waals surface area contributed by atoms with Crippen LogP contribution in [0.2, 0.25) is 5.02 Å². The molecule has 1 unspecified atom stereocenters. The molecule has 2 aromatic rings. The van der Waals surface area contributed by atoms with E-state index in [4.69, 9.17) is 16.6 Å². The van der Waals surface area contributed by atoms with Gasteiger partial charge in [-0.1, -0.05) is 18.0 Å². The third-order valence-electron chi connectivity index (χ3n) is 3.51. The molecule has 1 saturated heterocycles. The molecule has 1 aromatic heterocycles. The molecule has 3 rings (SSSR count). The van der Waals surface area contributed by atoms with Crippen molar-refractivity contribution in [3.63, 3.8) is 0 Å². The SMILES string of the molecule is CC(N=c1sc2ccc(Cl)cc2s1)N1CCCCC1. The lowest BCUT2D eigenvalue weighted by atomic mass is 10.1. The zero-order valence-electron chi connectivity index (χ0n) is 10.9. The molecule has 5 heteroatoms. The van der Waals surface area contributed by atoms with Gasteiger partial charge in [-0.05, 0) is 38.0 Å². The van der Waals surface area contributed by atoms with Crippen LogP contribution in [0, 0.1) is 0 Å². The Morgan fingerprint density at radius 2 is 1.89 bits per heavy atom. The maximum Gasteiger partial charge on any atom is 0.168 e. The number of halogens is 1. The summed E-state index contributed by atoms with van der Waals surface area (Å²) in [6.45, 7) is 4.58. The van der Waals surface area contributed by atoms with Crippen molar-refractivity contribution in [2.75, 3.05) is 13.1 Å². The van der Waals surface area contributed by atoms with Crippen LogP contribution in [0.3, 0.4) is 0 Å². The molecule has 0 aliphatic carbocycles. The number of hydrogen-bond donors (Lipinski definition) is 0. The summed E-state index contributed by atoms with van der Waals surface area (Å²) in [4.78, 5) is 7.35. The Bertz CT molecular complexity index is 626. The van der Waals surface area contributed by atoms with Gasteiger partial charge in [0.05, 0.1) is 0 Å². The summed E-state index contributed by atoms with van der Waals surface area (Å²) in [6.07, 6.45) is 4.28. The fraction of sp³-hybridized carbons (Fsp3) is 0.500. The van der Waals surface area contributed by atoms with Gasteiger partial charge >= 0.3 is 0 Å². The highest BCUT2D eigenvalue weighted by atomic mass is 35.5. The maximum atomic E-state index is 6.03. The van der Waals surface area contributed by atoms with Gasteiger partial charge in [-0.3, -0.25) is 4.90 Å². The van der Waals surface area contributed by atoms with Crippen molar-refractivity contribution in [2.24, 2.45) is 4.99 Å². The summed E-state index contributed by atoms with van der Waals surface area (Å²) in [5.74, 6) is 0. The first-order valence-electron chi connectivity index (χ1n) is 6.69. The molecule has 0 radical (unpaired) electrons. The Morgan fingerprint density at radius 3 is 2.68 bits per heavy atom. The largest absolute Gasteiger partial charge is 0.282 e. The molecule has 2 heterocycles. The van der Waals surface area contributed by atoms with E-state index in [1.807, 2.05) is 12.1 Å². The van der Waals surface area contributed by atoms with E-state index in [1.54, 1.807) is 22.7 Å². The Hall–Kier alpha value is -0.420. The molecule has 19 heavy (non-hydrogen) atoms. The van der Waals surface area contributed by atoms with E-state index in [2.05, 4.69) is 17.9 Å². The Balaban J connectivity index is 1.87. The monoisotopic (exact) mass is 312 g/mol. The molecule has 102 valence electrons. The van der Waals surface area contributed by atoms with Crippen molar-refractivity contribution >= 4 is 43.7 Å². The van der Waals surface area contributed by atoms with Gasteiger partial charge in [0.15, 0.2) is 3.98 Å². The van der Waals surface area contributed by atoms with Gasteiger partial charge in [0.2, 0.25) is 0 Å². The van der Waals surface area contributed by atoms with E-state index >= 15 is 0 Å². The van der Waals surface area contributed by atoms with Crippen LogP contribution in [0.1, 0.15) is 26.2 Å². The first-order chi connectivity index (χ1) is 9.22. The second-order valence-corrected chi connectivity index (χ2v) is 7.67. The summed E-state index contributed by atoms with van der Waals surface area (Å²) >= 11 is 9.54. The average molecular weight is 313 g/mol. The molecule has 2 nitrogen and oxygen atoms in total. The van der Waals surface area contributed by atoms with E-state index in [1.165, 1.54) is 41.8 Å². The van der Waals surface area contributed by atoms with Gasteiger partial charge in [-0.2, -0.15) is 0 Å². The highest BCUT2D eigenvalue weighted by molar-refractivity contribution is 7.35. The average Bonchev–Trinajstić information content (AvgIpc) is 2.81. The molecule has 0 saturated carbocycles. The highest BCUT2D eigenvalue weighted by Gasteiger charge is 2.15. The highest BCUT2D eigenvalue weighted by Crippen LogP contribution is 2.25. The molecule has 1 aliphatic heterocycles. The van der Waals surface area contributed by atoms with Gasteiger partial charge in [0, 0.05) is 27.5 Å². The van der Waals surface area contributed by atoms with Crippen LogP contribution in [-0.4, -0.2) is 24.2 Å². The molecular formula is C14H17ClN2S2. The predicted octanol–water partition coefficient (Wildman–Crippen LogP) is 4.35. The fourth-order valence-electron chi connectivity index (χ4n) is 2.43. The van der Waals surface area contributed by atoms with Gasteiger partial charge < -0.3 is 0 Å². The molecule has 1 aliphatic rings. The zero-order chi connectivity index (χ0) is 13.2. The number of fused-ring (bicyclic) bond motifs is 1. The van der Waals surface area contributed by atoms with Gasteiger partial charge in [-0.25, -0.2) is 4.99 Å². The fourth-order valence-corrected chi connectivity index (χ4v) is 5.06. The predicted molar refractivity (Wildman–Crippen MR) is 85.2 cm³/mol. The van der Waals surface area contributed by atoms with E-state index in [0.717, 1.165) is 9.01 Å². The van der Waals surface area contributed by atoms with Crippen LogP contribution < -0.4 is 3.98 Å². The lowest BCUT2D eigenvalue weighted by Gasteiger charge is -2.29. The standard InChI is InChI=1S/C14H17ClN2S2/c1-10(17-7-3-2-4-8-17)16-14-18-12-6-5-11(15)9-13(12)19-14/h5-6,9-10H,2-4,7-8H2,1H3. The number of nitrogens with zero attached hydrogens (tertiary/aromatic N) is 2. The van der Waals surface area contributed by atoms with Crippen LogP contribution in [0.25, 0.3) is 9.40 Å². The minimum atomic E-state index is 0.292. The van der Waals surface area contributed by atoms with E-state index in [-0.39, 0.29) is 0 Å². The van der Waals surface area contributed by atoms with Crippen LogP contribution in [-0.2, 0) is 0 Å². The van der Waals surface area contributed by atoms with Crippen molar-refractivity contribution in [3.05, 3.63) is 27.2 Å². The van der Waals surface area contributed by atoms with Crippen LogP contribution in [0.4, 0.5) is 0 Å². The first-order valence-corrected chi connectivity index (χ1v) is 8.70. The smallest absolute Gasteiger partial charge is 0.168 e. The zero-order valence-corrected chi connectivity index (χ0v) is 13.3. The molecule has 1 aromatic carbocycles. The molecule has 0 bridgehead atoms. The number of piperidine rings is 1. The summed E-state index contributed by atoms with van der Waals surface area (Å²) in [6, 6.07) is 6.07. The van der Waals surface area contributed by atoms with Crippen molar-refractivity contribution in [3.8, 4) is 0 Å². The quantitative estimate of drug-likeness (QED) is 0.805. The number of hydrogen-bond acceptors (Lipinski definition) is 4. The van der Waals surface area contributed by atoms with E-state index in [9.17, 15) is 0 Å². The van der Waals surface area contributed by atoms with Crippen LogP contribution in [0.5, 0.6) is 0 Å². The summed E-state index contributed by atoms with van der Waals surface area (Å²) in [5.41, 5.74) is 0. The van der Waals surface area contributed by atoms with Crippen molar-refractivity contribution in [2.45, 2.75) is 32.4 Å². The molecule has 0 N–H and O–H groups in total. The summed E-state index contributed by atoms with van der Waals surface area (Å²) in [5, 5.41) is 0.803. The van der Waals surface area contributed by atoms with Crippen LogP contribution >= 0.6 is 34.3 Å². The topological polar surface area (TPSA) is 15.6 Å². The minimum absolute atomic E-state index is 0.292. The Labute approximate surface area is 126 Å². The lowest BCUT2D eigenvalue weighted by molar-refractivity contribution is 0.177. The van der Waals surface area contributed by atoms with E-state index < -0.39 is 0 Å². The van der Waals surface area contributed by atoms with E-state index in [0.29, 0.717) is 6.17 Å².